The number of carbonyl (C=O) groups is 2. The van der Waals surface area contributed by atoms with E-state index in [0.29, 0.717) is 24.5 Å². The van der Waals surface area contributed by atoms with Gasteiger partial charge in [0.15, 0.2) is 0 Å². The Labute approximate surface area is 243 Å². The molecule has 0 unspecified atom stereocenters. The van der Waals surface area contributed by atoms with Crippen molar-refractivity contribution in [3.8, 4) is 0 Å². The van der Waals surface area contributed by atoms with Gasteiger partial charge in [-0.2, -0.15) is 13.2 Å². The fraction of sp³-hybridized carbons (Fsp3) is 0.448. The topological polar surface area (TPSA) is 93.9 Å². The molecule has 1 saturated heterocycles. The number of amides is 2. The third-order valence-corrected chi connectivity index (χ3v) is 8.39. The number of primary amides is 1. The molecule has 2 aromatic rings. The van der Waals surface area contributed by atoms with Gasteiger partial charge in [-0.05, 0) is 43.3 Å². The molecule has 8 nitrogen and oxygen atoms in total. The van der Waals surface area contributed by atoms with Gasteiger partial charge in [0.1, 0.15) is 0 Å². The molecule has 0 aromatic heterocycles. The molecule has 12 heteroatoms. The molecule has 4 rings (SSSR count). The molecule has 2 heterocycles. The minimum Gasteiger partial charge on any atom is -0.386 e. The van der Waals surface area contributed by atoms with Crippen molar-refractivity contribution in [1.82, 2.24) is 20.4 Å². The lowest BCUT2D eigenvalue weighted by Gasteiger charge is -2.36. The average Bonchev–Trinajstić information content (AvgIpc) is 2.91. The zero-order valence-corrected chi connectivity index (χ0v) is 24.0. The van der Waals surface area contributed by atoms with Crippen LogP contribution < -0.4 is 21.3 Å². The van der Waals surface area contributed by atoms with E-state index in [9.17, 15) is 22.8 Å². The number of benzene rings is 2. The van der Waals surface area contributed by atoms with Crippen molar-refractivity contribution in [2.24, 2.45) is 5.73 Å². The number of hydrogen-bond acceptors (Lipinski definition) is 7. The zero-order valence-electron chi connectivity index (χ0n) is 23.2. The molecule has 0 aliphatic carbocycles. The van der Waals surface area contributed by atoms with E-state index in [2.05, 4.69) is 27.0 Å². The summed E-state index contributed by atoms with van der Waals surface area (Å²) in [6.07, 6.45) is -3.58. The molecule has 2 aromatic carbocycles. The van der Waals surface area contributed by atoms with Crippen molar-refractivity contribution in [3.05, 3.63) is 60.3 Å². The van der Waals surface area contributed by atoms with Gasteiger partial charge in [0.2, 0.25) is 11.8 Å². The van der Waals surface area contributed by atoms with E-state index in [1.54, 1.807) is 6.07 Å². The molecule has 4 N–H and O–H groups in total. The molecule has 2 aliphatic rings. The quantitative estimate of drug-likeness (QED) is 0.346. The number of nitrogens with zero attached hydrogens (tertiary/aromatic N) is 3. The Morgan fingerprint density at radius 3 is 2.32 bits per heavy atom. The van der Waals surface area contributed by atoms with Crippen LogP contribution in [0.25, 0.3) is 0 Å². The van der Waals surface area contributed by atoms with Crippen LogP contribution in [0.15, 0.2) is 64.5 Å². The first-order valence-corrected chi connectivity index (χ1v) is 14.5. The van der Waals surface area contributed by atoms with Crippen molar-refractivity contribution in [2.75, 3.05) is 57.3 Å². The van der Waals surface area contributed by atoms with E-state index in [4.69, 9.17) is 5.73 Å². The maximum absolute atomic E-state index is 13.5. The second-order valence-corrected chi connectivity index (χ2v) is 11.4. The van der Waals surface area contributed by atoms with Crippen LogP contribution in [0.1, 0.15) is 25.3 Å². The SMILES string of the molecule is C=C(NCCN1CCN(CCCN2c3ccccc3Sc3ccc(C(F)(F)F)cc32)CC1)[C@H](CC(N)=O)NC(C)=O. The van der Waals surface area contributed by atoms with Crippen molar-refractivity contribution >= 4 is 35.0 Å². The molecule has 1 fully saturated rings. The minimum atomic E-state index is -4.39. The summed E-state index contributed by atoms with van der Waals surface area (Å²) in [5.41, 5.74) is 6.77. The average molecular weight is 591 g/mol. The van der Waals surface area contributed by atoms with Gasteiger partial charge in [-0.1, -0.05) is 30.5 Å². The Kier molecular flexibility index (Phi) is 10.2. The van der Waals surface area contributed by atoms with Gasteiger partial charge in [0, 0.05) is 68.2 Å². The number of nitrogens with one attached hydrogen (secondary N) is 2. The number of rotatable bonds is 12. The standard InChI is InChI=1S/C29H37F3N6O2S/c1-20(23(19-28(33)40)35-21(2)39)34-10-13-37-16-14-36(15-17-37)11-5-12-38-24-6-3-4-7-26(24)41-27-9-8-22(18-25(27)38)29(30,31)32/h3-4,6-9,18,23,34H,1,5,10-17,19H2,2H3,(H2,33,40)(H,35,39)/t23-/m0/s1. The fourth-order valence-corrected chi connectivity index (χ4v) is 6.22. The van der Waals surface area contributed by atoms with Crippen LogP contribution in [0, 0.1) is 0 Å². The minimum absolute atomic E-state index is 0.0129. The van der Waals surface area contributed by atoms with Gasteiger partial charge in [-0.15, -0.1) is 0 Å². The highest BCUT2D eigenvalue weighted by Crippen LogP contribution is 2.49. The first kappa shape index (κ1) is 30.7. The van der Waals surface area contributed by atoms with Gasteiger partial charge >= 0.3 is 6.18 Å². The Hall–Kier alpha value is -3.22. The van der Waals surface area contributed by atoms with Crippen LogP contribution >= 0.6 is 11.8 Å². The summed E-state index contributed by atoms with van der Waals surface area (Å²) in [6, 6.07) is 11.3. The molecule has 222 valence electrons. The van der Waals surface area contributed by atoms with Crippen molar-refractivity contribution in [3.63, 3.8) is 0 Å². The van der Waals surface area contributed by atoms with Crippen molar-refractivity contribution < 1.29 is 22.8 Å². The number of piperazine rings is 1. The lowest BCUT2D eigenvalue weighted by atomic mass is 10.1. The monoisotopic (exact) mass is 590 g/mol. The van der Waals surface area contributed by atoms with E-state index >= 15 is 0 Å². The van der Waals surface area contributed by atoms with E-state index in [0.717, 1.165) is 67.2 Å². The molecule has 2 aliphatic heterocycles. The normalized spacial score (nSPS) is 16.4. The lowest BCUT2D eigenvalue weighted by Crippen LogP contribution is -2.49. The van der Waals surface area contributed by atoms with E-state index in [1.807, 2.05) is 29.2 Å². The summed E-state index contributed by atoms with van der Waals surface area (Å²) < 4.78 is 40.4. The smallest absolute Gasteiger partial charge is 0.386 e. The maximum atomic E-state index is 13.5. The summed E-state index contributed by atoms with van der Waals surface area (Å²) in [5, 5.41) is 5.89. The van der Waals surface area contributed by atoms with Crippen LogP contribution in [-0.4, -0.2) is 80.0 Å². The van der Waals surface area contributed by atoms with Crippen molar-refractivity contribution in [1.29, 1.82) is 0 Å². The Morgan fingerprint density at radius 2 is 1.66 bits per heavy atom. The second kappa shape index (κ2) is 13.6. The largest absolute Gasteiger partial charge is 0.416 e. The molecule has 2 amide bonds. The molecule has 0 bridgehead atoms. The van der Waals surface area contributed by atoms with E-state index in [-0.39, 0.29) is 12.3 Å². The van der Waals surface area contributed by atoms with Gasteiger partial charge in [-0.25, -0.2) is 0 Å². The van der Waals surface area contributed by atoms with Crippen LogP contribution in [0.4, 0.5) is 24.5 Å². The summed E-state index contributed by atoms with van der Waals surface area (Å²) in [6.45, 7) is 11.8. The Morgan fingerprint density at radius 1 is 1.00 bits per heavy atom. The highest BCUT2D eigenvalue weighted by Gasteiger charge is 2.33. The molecular weight excluding hydrogens is 553 g/mol. The highest BCUT2D eigenvalue weighted by molar-refractivity contribution is 7.99. The molecular formula is C29H37F3N6O2S. The number of halogens is 3. The van der Waals surface area contributed by atoms with Gasteiger partial charge in [0.05, 0.1) is 29.4 Å². The summed E-state index contributed by atoms with van der Waals surface area (Å²) >= 11 is 1.51. The Bertz CT molecular complexity index is 1230. The van der Waals surface area contributed by atoms with Gasteiger partial charge in [-0.3, -0.25) is 14.5 Å². The van der Waals surface area contributed by atoms with Gasteiger partial charge in [0.25, 0.3) is 0 Å². The Balaban J connectivity index is 1.25. The summed E-state index contributed by atoms with van der Waals surface area (Å²) in [7, 11) is 0. The van der Waals surface area contributed by atoms with E-state index < -0.39 is 23.7 Å². The first-order valence-electron chi connectivity index (χ1n) is 13.7. The zero-order chi connectivity index (χ0) is 29.6. The number of carbonyl (C=O) groups excluding carboxylic acids is 2. The van der Waals surface area contributed by atoms with E-state index in [1.165, 1.54) is 24.8 Å². The number of hydrogen-bond donors (Lipinski definition) is 3. The van der Waals surface area contributed by atoms with Crippen LogP contribution in [0.2, 0.25) is 0 Å². The van der Waals surface area contributed by atoms with Crippen molar-refractivity contribution in [2.45, 2.75) is 41.8 Å². The van der Waals surface area contributed by atoms with Crippen LogP contribution in [0.3, 0.4) is 0 Å². The molecule has 41 heavy (non-hydrogen) atoms. The third kappa shape index (κ3) is 8.40. The molecule has 1 atom stereocenters. The lowest BCUT2D eigenvalue weighted by molar-refractivity contribution is -0.137. The highest BCUT2D eigenvalue weighted by atomic mass is 32.2. The third-order valence-electron chi connectivity index (χ3n) is 7.26. The number of para-hydroxylation sites is 1. The van der Waals surface area contributed by atoms with Gasteiger partial charge < -0.3 is 26.2 Å². The molecule has 0 radical (unpaired) electrons. The first-order chi connectivity index (χ1) is 19.5. The predicted molar refractivity (Wildman–Crippen MR) is 155 cm³/mol. The maximum Gasteiger partial charge on any atom is 0.416 e. The summed E-state index contributed by atoms with van der Waals surface area (Å²) in [4.78, 5) is 31.4. The number of anilines is 2. The molecule has 0 saturated carbocycles. The second-order valence-electron chi connectivity index (χ2n) is 10.3. The van der Waals surface area contributed by atoms with Crippen LogP contribution in [0.5, 0.6) is 0 Å². The summed E-state index contributed by atoms with van der Waals surface area (Å²) in [5.74, 6) is -0.768. The fourth-order valence-electron chi connectivity index (χ4n) is 5.14. The predicted octanol–water partition coefficient (Wildman–Crippen LogP) is 3.80. The number of alkyl halides is 3. The molecule has 0 spiro atoms. The number of nitrogens with two attached hydrogens (primary N) is 1. The van der Waals surface area contributed by atoms with Crippen LogP contribution in [-0.2, 0) is 15.8 Å². The number of fused-ring (bicyclic) bond motifs is 2.